The van der Waals surface area contributed by atoms with Crippen molar-refractivity contribution in [3.05, 3.63) is 100 Å². The van der Waals surface area contributed by atoms with E-state index in [9.17, 15) is 27.9 Å². The van der Waals surface area contributed by atoms with Crippen LogP contribution in [0.4, 0.5) is 18.9 Å². The Kier molecular flexibility index (Phi) is 6.86. The number of aliphatic hydroxyl groups is 1. The van der Waals surface area contributed by atoms with Gasteiger partial charge in [0.25, 0.3) is 11.7 Å². The van der Waals surface area contributed by atoms with Gasteiger partial charge in [0.2, 0.25) is 0 Å². The zero-order valence-corrected chi connectivity index (χ0v) is 20.8. The molecule has 4 rings (SSSR count). The molecule has 1 unspecified atom stereocenters. The molecule has 1 saturated heterocycles. The standard InChI is InChI=1S/C29H26F3NO4/c1-5-37-23-13-8-17(14-20(23)29(2,3)4)26(34)24-25(16-6-9-18(30)10-7-16)33(28(36)27(24)35)22-15-19(31)11-12-21(22)32/h6-15,25,34H,5H2,1-4H3/b26-24-. The zero-order valence-electron chi connectivity index (χ0n) is 20.8. The van der Waals surface area contributed by atoms with Crippen LogP contribution in [0, 0.1) is 17.5 Å². The maximum Gasteiger partial charge on any atom is 0.300 e. The lowest BCUT2D eigenvalue weighted by Gasteiger charge is -2.26. The number of halogens is 3. The van der Waals surface area contributed by atoms with Crippen LogP contribution >= 0.6 is 0 Å². The van der Waals surface area contributed by atoms with Gasteiger partial charge in [-0.05, 0) is 60.4 Å². The Morgan fingerprint density at radius 2 is 1.59 bits per heavy atom. The van der Waals surface area contributed by atoms with E-state index in [0.717, 1.165) is 40.8 Å². The first-order valence-corrected chi connectivity index (χ1v) is 11.7. The Bertz CT molecular complexity index is 1410. The van der Waals surface area contributed by atoms with Crippen LogP contribution < -0.4 is 9.64 Å². The van der Waals surface area contributed by atoms with Crippen LogP contribution in [0.3, 0.4) is 0 Å². The summed E-state index contributed by atoms with van der Waals surface area (Å²) in [6.07, 6.45) is 0. The largest absolute Gasteiger partial charge is 0.507 e. The Hall–Kier alpha value is -4.07. The van der Waals surface area contributed by atoms with Gasteiger partial charge in [-0.15, -0.1) is 0 Å². The van der Waals surface area contributed by atoms with Gasteiger partial charge in [0.1, 0.15) is 29.0 Å². The topological polar surface area (TPSA) is 66.8 Å². The molecule has 37 heavy (non-hydrogen) atoms. The van der Waals surface area contributed by atoms with E-state index in [1.165, 1.54) is 12.1 Å². The van der Waals surface area contributed by atoms with Gasteiger partial charge in [0.15, 0.2) is 0 Å². The molecule has 0 bridgehead atoms. The van der Waals surface area contributed by atoms with Crippen molar-refractivity contribution in [2.45, 2.75) is 39.2 Å². The Morgan fingerprint density at radius 1 is 0.946 bits per heavy atom. The summed E-state index contributed by atoms with van der Waals surface area (Å²) in [7, 11) is 0. The lowest BCUT2D eigenvalue weighted by atomic mass is 9.84. The predicted molar refractivity (Wildman–Crippen MR) is 134 cm³/mol. The van der Waals surface area contributed by atoms with Crippen molar-refractivity contribution < 1.29 is 32.6 Å². The molecule has 3 aromatic carbocycles. The lowest BCUT2D eigenvalue weighted by Crippen LogP contribution is -2.30. The minimum Gasteiger partial charge on any atom is -0.507 e. The molecule has 5 nitrogen and oxygen atoms in total. The van der Waals surface area contributed by atoms with Crippen molar-refractivity contribution in [1.82, 2.24) is 0 Å². The van der Waals surface area contributed by atoms with E-state index in [1.54, 1.807) is 18.2 Å². The Balaban J connectivity index is 1.97. The molecule has 1 fully saturated rings. The molecule has 1 aliphatic rings. The van der Waals surface area contributed by atoms with Crippen molar-refractivity contribution >= 4 is 23.1 Å². The second-order valence-corrected chi connectivity index (χ2v) is 9.71. The van der Waals surface area contributed by atoms with E-state index in [0.29, 0.717) is 12.4 Å². The molecule has 192 valence electrons. The molecule has 1 atom stereocenters. The first kappa shape index (κ1) is 26.0. The highest BCUT2D eigenvalue weighted by molar-refractivity contribution is 6.51. The summed E-state index contributed by atoms with van der Waals surface area (Å²) in [6.45, 7) is 8.13. The van der Waals surface area contributed by atoms with Gasteiger partial charge in [-0.1, -0.05) is 32.9 Å². The summed E-state index contributed by atoms with van der Waals surface area (Å²) in [5.74, 6) is -4.46. The van der Waals surface area contributed by atoms with Crippen molar-refractivity contribution in [2.24, 2.45) is 0 Å². The molecular formula is C29H26F3NO4. The highest BCUT2D eigenvalue weighted by Gasteiger charge is 2.48. The monoisotopic (exact) mass is 509 g/mol. The highest BCUT2D eigenvalue weighted by Crippen LogP contribution is 2.44. The molecule has 0 aromatic heterocycles. The summed E-state index contributed by atoms with van der Waals surface area (Å²) in [6, 6.07) is 10.9. The van der Waals surface area contributed by atoms with Crippen LogP contribution in [0.25, 0.3) is 5.76 Å². The van der Waals surface area contributed by atoms with Gasteiger partial charge >= 0.3 is 0 Å². The summed E-state index contributed by atoms with van der Waals surface area (Å²) >= 11 is 0. The zero-order chi connectivity index (χ0) is 27.1. The van der Waals surface area contributed by atoms with Crippen molar-refractivity contribution in [1.29, 1.82) is 0 Å². The van der Waals surface area contributed by atoms with Crippen LogP contribution in [-0.2, 0) is 15.0 Å². The number of hydrogen-bond donors (Lipinski definition) is 1. The lowest BCUT2D eigenvalue weighted by molar-refractivity contribution is -0.132. The van der Waals surface area contributed by atoms with Crippen LogP contribution in [0.1, 0.15) is 50.4 Å². The van der Waals surface area contributed by atoms with Gasteiger partial charge < -0.3 is 9.84 Å². The minimum atomic E-state index is -1.33. The van der Waals surface area contributed by atoms with E-state index in [-0.39, 0.29) is 16.7 Å². The number of hydrogen-bond acceptors (Lipinski definition) is 4. The third-order valence-electron chi connectivity index (χ3n) is 6.16. The van der Waals surface area contributed by atoms with Gasteiger partial charge in [-0.3, -0.25) is 14.5 Å². The number of rotatable bonds is 5. The maximum atomic E-state index is 14.8. The van der Waals surface area contributed by atoms with E-state index in [4.69, 9.17) is 4.74 Å². The van der Waals surface area contributed by atoms with E-state index < -0.39 is 52.0 Å². The number of anilines is 1. The number of ether oxygens (including phenoxy) is 1. The average Bonchev–Trinajstić information content (AvgIpc) is 3.10. The number of carbonyl (C=O) groups excluding carboxylic acids is 2. The highest BCUT2D eigenvalue weighted by atomic mass is 19.1. The number of ketones is 1. The second-order valence-electron chi connectivity index (χ2n) is 9.71. The molecule has 0 saturated carbocycles. The van der Waals surface area contributed by atoms with Crippen molar-refractivity contribution in [2.75, 3.05) is 11.5 Å². The molecule has 3 aromatic rings. The summed E-state index contributed by atoms with van der Waals surface area (Å²) < 4.78 is 48.3. The fraction of sp³-hybridized carbons (Fsp3) is 0.241. The number of amides is 1. The van der Waals surface area contributed by atoms with Gasteiger partial charge in [0.05, 0.1) is 23.9 Å². The van der Waals surface area contributed by atoms with Gasteiger partial charge in [-0.25, -0.2) is 13.2 Å². The van der Waals surface area contributed by atoms with Crippen molar-refractivity contribution in [3.63, 3.8) is 0 Å². The quantitative estimate of drug-likeness (QED) is 0.245. The fourth-order valence-electron chi connectivity index (χ4n) is 4.41. The molecule has 0 spiro atoms. The van der Waals surface area contributed by atoms with E-state index in [2.05, 4.69) is 0 Å². The second kappa shape index (κ2) is 9.76. The van der Waals surface area contributed by atoms with Gasteiger partial charge in [-0.2, -0.15) is 0 Å². The molecule has 1 aliphatic heterocycles. The van der Waals surface area contributed by atoms with Crippen LogP contribution in [0.15, 0.2) is 66.2 Å². The van der Waals surface area contributed by atoms with Crippen LogP contribution in [-0.4, -0.2) is 23.4 Å². The first-order chi connectivity index (χ1) is 17.4. The fourth-order valence-corrected chi connectivity index (χ4v) is 4.41. The SMILES string of the molecule is CCOc1ccc(/C(O)=C2/C(=O)C(=O)N(c3cc(F)ccc3F)C2c2ccc(F)cc2)cc1C(C)(C)C. The van der Waals surface area contributed by atoms with Gasteiger partial charge in [0, 0.05) is 17.2 Å². The normalized spacial score (nSPS) is 17.4. The molecule has 0 aliphatic carbocycles. The third-order valence-corrected chi connectivity index (χ3v) is 6.16. The van der Waals surface area contributed by atoms with E-state index >= 15 is 0 Å². The number of benzene rings is 3. The minimum absolute atomic E-state index is 0.229. The Labute approximate surface area is 212 Å². The molecule has 1 N–H and O–H groups in total. The smallest absolute Gasteiger partial charge is 0.300 e. The van der Waals surface area contributed by atoms with Crippen molar-refractivity contribution in [3.8, 4) is 5.75 Å². The average molecular weight is 510 g/mol. The predicted octanol–water partition coefficient (Wildman–Crippen LogP) is 6.43. The number of nitrogens with zero attached hydrogens (tertiary/aromatic N) is 1. The van der Waals surface area contributed by atoms with E-state index in [1.807, 2.05) is 27.7 Å². The first-order valence-electron chi connectivity index (χ1n) is 11.7. The molecule has 1 amide bonds. The Morgan fingerprint density at radius 3 is 2.22 bits per heavy atom. The molecule has 0 radical (unpaired) electrons. The van der Waals surface area contributed by atoms with Crippen LogP contribution in [0.2, 0.25) is 0 Å². The summed E-state index contributed by atoms with van der Waals surface area (Å²) in [4.78, 5) is 27.2. The maximum absolute atomic E-state index is 14.8. The molecule has 1 heterocycles. The number of Topliss-reactive ketones (excluding diaryl/α,β-unsaturated/α-hetero) is 1. The summed E-state index contributed by atoms with van der Waals surface area (Å²) in [5, 5.41) is 11.4. The molecular weight excluding hydrogens is 483 g/mol. The number of carbonyl (C=O) groups is 2. The van der Waals surface area contributed by atoms with Crippen LogP contribution in [0.5, 0.6) is 5.75 Å². The number of aliphatic hydroxyl groups excluding tert-OH is 1. The third kappa shape index (κ3) is 4.83. The molecule has 8 heteroatoms. The summed E-state index contributed by atoms with van der Waals surface area (Å²) in [5.41, 5.74) is 0.0172.